The van der Waals surface area contributed by atoms with Crippen molar-refractivity contribution in [3.8, 4) is 0 Å². The summed E-state index contributed by atoms with van der Waals surface area (Å²) in [6.07, 6.45) is 10.2. The first-order valence-electron chi connectivity index (χ1n) is 8.24. The molecular weight excluding hydrogens is 286 g/mol. The van der Waals surface area contributed by atoms with Gasteiger partial charge >= 0.3 is 0 Å². The predicted molar refractivity (Wildman–Crippen MR) is 95.0 cm³/mol. The fourth-order valence-electron chi connectivity index (χ4n) is 2.80. The summed E-state index contributed by atoms with van der Waals surface area (Å²) in [6, 6.07) is 8.67. The average molecular weight is 309 g/mol. The van der Waals surface area contributed by atoms with E-state index in [9.17, 15) is 0 Å². The summed E-state index contributed by atoms with van der Waals surface area (Å²) in [7, 11) is 0. The van der Waals surface area contributed by atoms with Crippen molar-refractivity contribution in [2.75, 3.05) is 23.4 Å². The number of aromatic nitrogens is 2. The minimum Gasteiger partial charge on any atom is -0.372 e. The molecule has 3 rings (SSSR count). The molecule has 23 heavy (non-hydrogen) atoms. The van der Waals surface area contributed by atoms with Gasteiger partial charge in [-0.15, -0.1) is 0 Å². The highest BCUT2D eigenvalue weighted by Crippen LogP contribution is 2.20. The van der Waals surface area contributed by atoms with E-state index >= 15 is 0 Å². The van der Waals surface area contributed by atoms with E-state index in [0.29, 0.717) is 5.82 Å². The lowest BCUT2D eigenvalue weighted by molar-refractivity contribution is 0.726. The fraction of sp³-hybridized carbons (Fsp3) is 0.389. The SMILES string of the molecule is C/C(=N\Nc1cnccn1)c1ccc(N2CCCCCC2)cc1. The van der Waals surface area contributed by atoms with Crippen LogP contribution in [0.4, 0.5) is 11.5 Å². The van der Waals surface area contributed by atoms with Crippen molar-refractivity contribution < 1.29 is 0 Å². The Morgan fingerprint density at radius 3 is 2.43 bits per heavy atom. The average Bonchev–Trinajstić information content (AvgIpc) is 2.90. The molecule has 0 saturated carbocycles. The monoisotopic (exact) mass is 309 g/mol. The molecule has 1 fully saturated rings. The number of hydrogen-bond donors (Lipinski definition) is 1. The second-order valence-electron chi connectivity index (χ2n) is 5.85. The zero-order valence-electron chi connectivity index (χ0n) is 13.6. The molecule has 1 N–H and O–H groups in total. The molecular formula is C18H23N5. The van der Waals surface area contributed by atoms with Gasteiger partial charge in [0.1, 0.15) is 0 Å². The van der Waals surface area contributed by atoms with Crippen molar-refractivity contribution in [2.24, 2.45) is 5.10 Å². The number of benzene rings is 1. The first-order valence-corrected chi connectivity index (χ1v) is 8.24. The van der Waals surface area contributed by atoms with E-state index in [1.54, 1.807) is 18.6 Å². The third kappa shape index (κ3) is 4.28. The second kappa shape index (κ2) is 7.72. The summed E-state index contributed by atoms with van der Waals surface area (Å²) in [5, 5.41) is 4.37. The van der Waals surface area contributed by atoms with Crippen molar-refractivity contribution in [3.63, 3.8) is 0 Å². The molecule has 0 spiro atoms. The third-order valence-corrected chi connectivity index (χ3v) is 4.16. The lowest BCUT2D eigenvalue weighted by Gasteiger charge is -2.22. The first-order chi connectivity index (χ1) is 11.3. The summed E-state index contributed by atoms with van der Waals surface area (Å²) in [4.78, 5) is 10.6. The van der Waals surface area contributed by atoms with Gasteiger partial charge in [0.25, 0.3) is 0 Å². The topological polar surface area (TPSA) is 53.4 Å². The van der Waals surface area contributed by atoms with E-state index in [4.69, 9.17) is 0 Å². The van der Waals surface area contributed by atoms with Gasteiger partial charge in [-0.2, -0.15) is 5.10 Å². The van der Waals surface area contributed by atoms with E-state index in [1.165, 1.54) is 44.5 Å². The molecule has 0 unspecified atom stereocenters. The summed E-state index contributed by atoms with van der Waals surface area (Å²) in [5.41, 5.74) is 6.28. The normalized spacial score (nSPS) is 16.0. The Hall–Kier alpha value is -2.43. The van der Waals surface area contributed by atoms with E-state index in [1.807, 2.05) is 6.92 Å². The Labute approximate surface area is 137 Å². The van der Waals surface area contributed by atoms with Crippen molar-refractivity contribution in [3.05, 3.63) is 48.4 Å². The molecule has 1 saturated heterocycles. The Morgan fingerprint density at radius 2 is 1.78 bits per heavy atom. The van der Waals surface area contributed by atoms with Gasteiger partial charge in [0, 0.05) is 31.2 Å². The van der Waals surface area contributed by atoms with Crippen LogP contribution in [-0.2, 0) is 0 Å². The largest absolute Gasteiger partial charge is 0.372 e. The van der Waals surface area contributed by atoms with Crippen LogP contribution in [0.5, 0.6) is 0 Å². The number of nitrogens with one attached hydrogen (secondary N) is 1. The summed E-state index contributed by atoms with van der Waals surface area (Å²) < 4.78 is 0. The highest BCUT2D eigenvalue weighted by atomic mass is 15.3. The Kier molecular flexibility index (Phi) is 5.19. The summed E-state index contributed by atoms with van der Waals surface area (Å²) in [6.45, 7) is 4.33. The number of rotatable bonds is 4. The molecule has 0 atom stereocenters. The molecule has 1 aliphatic rings. The zero-order valence-corrected chi connectivity index (χ0v) is 13.6. The van der Waals surface area contributed by atoms with Gasteiger partial charge in [-0.3, -0.25) is 10.4 Å². The smallest absolute Gasteiger partial charge is 0.164 e. The molecule has 1 aromatic heterocycles. The third-order valence-electron chi connectivity index (χ3n) is 4.16. The lowest BCUT2D eigenvalue weighted by atomic mass is 10.1. The summed E-state index contributed by atoms with van der Waals surface area (Å²) in [5.74, 6) is 0.646. The molecule has 0 amide bonds. The van der Waals surface area contributed by atoms with Gasteiger partial charge in [0.2, 0.25) is 0 Å². The maximum atomic E-state index is 4.37. The van der Waals surface area contributed by atoms with Crippen LogP contribution in [0, 0.1) is 0 Å². The lowest BCUT2D eigenvalue weighted by Crippen LogP contribution is -2.23. The highest BCUT2D eigenvalue weighted by Gasteiger charge is 2.09. The molecule has 2 heterocycles. The van der Waals surface area contributed by atoms with Crippen LogP contribution in [0.25, 0.3) is 0 Å². The first kappa shape index (κ1) is 15.5. The standard InChI is InChI=1S/C18H23N5/c1-15(21-22-18-14-19-10-11-20-18)16-6-8-17(9-7-16)23-12-4-2-3-5-13-23/h6-11,14H,2-5,12-13H2,1H3,(H,20,22)/b21-15+. The molecule has 1 aliphatic heterocycles. The molecule has 0 radical (unpaired) electrons. The molecule has 120 valence electrons. The number of anilines is 2. The van der Waals surface area contributed by atoms with Crippen molar-refractivity contribution in [1.82, 2.24) is 9.97 Å². The number of hydrazone groups is 1. The summed E-state index contributed by atoms with van der Waals surface area (Å²) >= 11 is 0. The molecule has 0 aliphatic carbocycles. The van der Waals surface area contributed by atoms with Crippen LogP contribution >= 0.6 is 0 Å². The molecule has 1 aromatic carbocycles. The van der Waals surface area contributed by atoms with Crippen LogP contribution in [0.1, 0.15) is 38.2 Å². The molecule has 2 aromatic rings. The van der Waals surface area contributed by atoms with Gasteiger partial charge < -0.3 is 4.90 Å². The Morgan fingerprint density at radius 1 is 1.04 bits per heavy atom. The fourth-order valence-corrected chi connectivity index (χ4v) is 2.80. The van der Waals surface area contributed by atoms with Crippen molar-refractivity contribution >= 4 is 17.2 Å². The van der Waals surface area contributed by atoms with Gasteiger partial charge in [0.05, 0.1) is 11.9 Å². The van der Waals surface area contributed by atoms with Gasteiger partial charge in [0.15, 0.2) is 5.82 Å². The number of nitrogens with zero attached hydrogens (tertiary/aromatic N) is 4. The van der Waals surface area contributed by atoms with E-state index in [-0.39, 0.29) is 0 Å². The maximum Gasteiger partial charge on any atom is 0.164 e. The maximum absolute atomic E-state index is 4.37. The van der Waals surface area contributed by atoms with E-state index < -0.39 is 0 Å². The van der Waals surface area contributed by atoms with Crippen molar-refractivity contribution in [1.29, 1.82) is 0 Å². The van der Waals surface area contributed by atoms with Crippen molar-refractivity contribution in [2.45, 2.75) is 32.6 Å². The second-order valence-corrected chi connectivity index (χ2v) is 5.85. The van der Waals surface area contributed by atoms with Gasteiger partial charge in [-0.05, 0) is 37.5 Å². The van der Waals surface area contributed by atoms with Gasteiger partial charge in [-0.1, -0.05) is 25.0 Å². The molecule has 0 bridgehead atoms. The highest BCUT2D eigenvalue weighted by molar-refractivity contribution is 5.99. The predicted octanol–water partition coefficient (Wildman–Crippen LogP) is 3.69. The Bertz CT molecular complexity index is 628. The Balaban J connectivity index is 1.66. The van der Waals surface area contributed by atoms with Crippen LogP contribution in [0.3, 0.4) is 0 Å². The molecule has 5 heteroatoms. The molecule has 5 nitrogen and oxygen atoms in total. The van der Waals surface area contributed by atoms with Crippen LogP contribution in [-0.4, -0.2) is 28.8 Å². The van der Waals surface area contributed by atoms with E-state index in [2.05, 4.69) is 49.7 Å². The van der Waals surface area contributed by atoms with E-state index in [0.717, 1.165) is 11.3 Å². The minimum absolute atomic E-state index is 0.646. The van der Waals surface area contributed by atoms with Crippen LogP contribution in [0.15, 0.2) is 48.0 Å². The van der Waals surface area contributed by atoms with Gasteiger partial charge in [-0.25, -0.2) is 4.98 Å². The van der Waals surface area contributed by atoms with Crippen LogP contribution in [0.2, 0.25) is 0 Å². The quantitative estimate of drug-likeness (QED) is 0.691. The zero-order chi connectivity index (χ0) is 15.9. The minimum atomic E-state index is 0.646. The van der Waals surface area contributed by atoms with Crippen LogP contribution < -0.4 is 10.3 Å². The number of hydrogen-bond acceptors (Lipinski definition) is 5.